The van der Waals surface area contributed by atoms with Crippen LogP contribution in [0.3, 0.4) is 0 Å². The van der Waals surface area contributed by atoms with Gasteiger partial charge in [0.05, 0.1) is 18.7 Å². The number of carbonyl (C=O) groups is 3. The number of ketones is 1. The van der Waals surface area contributed by atoms with Gasteiger partial charge in [-0.15, -0.1) is 0 Å². The Morgan fingerprint density at radius 2 is 1.71 bits per heavy atom. The van der Waals surface area contributed by atoms with Gasteiger partial charge in [-0.2, -0.15) is 0 Å². The number of aliphatic hydroxyl groups is 1. The van der Waals surface area contributed by atoms with Gasteiger partial charge in [-0.25, -0.2) is 0 Å². The SMILES string of the molecule is COc1ccc(C2C(C(=O)CCc3ccccc3)=C(O)C(=O)N2c2cccc(NC(C)=O)c2)cc1. The first-order valence-corrected chi connectivity index (χ1v) is 11.2. The number of amides is 2. The summed E-state index contributed by atoms with van der Waals surface area (Å²) >= 11 is 0. The summed E-state index contributed by atoms with van der Waals surface area (Å²) in [6.45, 7) is 1.39. The molecule has 3 aromatic rings. The number of anilines is 2. The van der Waals surface area contributed by atoms with Crippen LogP contribution >= 0.6 is 0 Å². The number of benzene rings is 3. The van der Waals surface area contributed by atoms with Gasteiger partial charge in [0.15, 0.2) is 11.5 Å². The Morgan fingerprint density at radius 1 is 1.00 bits per heavy atom. The molecule has 1 atom stereocenters. The zero-order valence-electron chi connectivity index (χ0n) is 19.5. The maximum absolute atomic E-state index is 13.4. The zero-order chi connectivity index (χ0) is 24.9. The predicted octanol–water partition coefficient (Wildman–Crippen LogP) is 4.76. The highest BCUT2D eigenvalue weighted by atomic mass is 16.5. The lowest BCUT2D eigenvalue weighted by molar-refractivity contribution is -0.118. The van der Waals surface area contributed by atoms with E-state index in [1.54, 1.807) is 55.6 Å². The molecule has 0 bridgehead atoms. The van der Waals surface area contributed by atoms with Crippen LogP contribution < -0.4 is 15.0 Å². The summed E-state index contributed by atoms with van der Waals surface area (Å²) in [5.41, 5.74) is 2.64. The zero-order valence-corrected chi connectivity index (χ0v) is 19.5. The van der Waals surface area contributed by atoms with Gasteiger partial charge in [0.25, 0.3) is 5.91 Å². The molecule has 3 aromatic carbocycles. The lowest BCUT2D eigenvalue weighted by atomic mass is 9.93. The van der Waals surface area contributed by atoms with E-state index in [1.165, 1.54) is 11.8 Å². The minimum Gasteiger partial charge on any atom is -0.503 e. The molecule has 0 fully saturated rings. The van der Waals surface area contributed by atoms with Crippen molar-refractivity contribution in [3.05, 3.63) is 101 Å². The van der Waals surface area contributed by atoms with Gasteiger partial charge >= 0.3 is 0 Å². The number of nitrogens with one attached hydrogen (secondary N) is 1. The van der Waals surface area contributed by atoms with E-state index in [-0.39, 0.29) is 23.7 Å². The van der Waals surface area contributed by atoms with Crippen LogP contribution in [0.2, 0.25) is 0 Å². The van der Waals surface area contributed by atoms with E-state index < -0.39 is 17.7 Å². The molecule has 1 aliphatic heterocycles. The number of nitrogens with zero attached hydrogens (tertiary/aromatic N) is 1. The van der Waals surface area contributed by atoms with Gasteiger partial charge < -0.3 is 15.2 Å². The monoisotopic (exact) mass is 470 g/mol. The molecule has 0 spiro atoms. The van der Waals surface area contributed by atoms with Gasteiger partial charge in [0, 0.05) is 24.7 Å². The topological polar surface area (TPSA) is 95.9 Å². The lowest BCUT2D eigenvalue weighted by Crippen LogP contribution is -2.31. The number of hydrogen-bond acceptors (Lipinski definition) is 5. The van der Waals surface area contributed by atoms with Crippen LogP contribution in [0, 0.1) is 0 Å². The fourth-order valence-corrected chi connectivity index (χ4v) is 4.23. The van der Waals surface area contributed by atoms with Crippen LogP contribution in [0.5, 0.6) is 5.75 Å². The Hall–Kier alpha value is -4.39. The molecule has 0 aliphatic carbocycles. The van der Waals surface area contributed by atoms with Crippen molar-refractivity contribution in [1.29, 1.82) is 0 Å². The first kappa shape index (κ1) is 23.8. The molecule has 2 N–H and O–H groups in total. The molecule has 2 amide bonds. The van der Waals surface area contributed by atoms with E-state index in [9.17, 15) is 19.5 Å². The van der Waals surface area contributed by atoms with Crippen molar-refractivity contribution in [2.24, 2.45) is 0 Å². The fourth-order valence-electron chi connectivity index (χ4n) is 4.23. The smallest absolute Gasteiger partial charge is 0.294 e. The third-order valence-electron chi connectivity index (χ3n) is 5.87. The first-order chi connectivity index (χ1) is 16.9. The number of aryl methyl sites for hydroxylation is 1. The average molecular weight is 471 g/mol. The van der Waals surface area contributed by atoms with E-state index in [1.807, 2.05) is 30.3 Å². The Morgan fingerprint density at radius 3 is 2.37 bits per heavy atom. The van der Waals surface area contributed by atoms with Crippen LogP contribution in [0.25, 0.3) is 0 Å². The van der Waals surface area contributed by atoms with Gasteiger partial charge in [-0.3, -0.25) is 19.3 Å². The van der Waals surface area contributed by atoms with Crippen LogP contribution in [0.4, 0.5) is 11.4 Å². The van der Waals surface area contributed by atoms with E-state index in [0.29, 0.717) is 29.1 Å². The summed E-state index contributed by atoms with van der Waals surface area (Å²) in [5, 5.41) is 13.6. The molecule has 4 rings (SSSR count). The molecule has 35 heavy (non-hydrogen) atoms. The summed E-state index contributed by atoms with van der Waals surface area (Å²) in [6, 6.07) is 22.5. The van der Waals surface area contributed by atoms with Gasteiger partial charge in [-0.1, -0.05) is 48.5 Å². The van der Waals surface area contributed by atoms with Crippen LogP contribution in [0.1, 0.15) is 30.5 Å². The number of carbonyl (C=O) groups excluding carboxylic acids is 3. The van der Waals surface area contributed by atoms with E-state index in [4.69, 9.17) is 4.74 Å². The Kier molecular flexibility index (Phi) is 6.96. The van der Waals surface area contributed by atoms with Crippen molar-refractivity contribution < 1.29 is 24.2 Å². The van der Waals surface area contributed by atoms with Crippen LogP contribution in [-0.2, 0) is 20.8 Å². The number of aliphatic hydroxyl groups excluding tert-OH is 1. The van der Waals surface area contributed by atoms with Crippen LogP contribution in [0.15, 0.2) is 90.2 Å². The molecule has 0 saturated carbocycles. The molecular formula is C28H26N2O5. The van der Waals surface area contributed by atoms with Gasteiger partial charge in [0.1, 0.15) is 5.75 Å². The number of hydrogen-bond donors (Lipinski definition) is 2. The van der Waals surface area contributed by atoms with Gasteiger partial charge in [-0.05, 0) is 47.9 Å². The van der Waals surface area contributed by atoms with Crippen molar-refractivity contribution in [2.45, 2.75) is 25.8 Å². The summed E-state index contributed by atoms with van der Waals surface area (Å²) in [6.07, 6.45) is 0.626. The van der Waals surface area contributed by atoms with E-state index >= 15 is 0 Å². The first-order valence-electron chi connectivity index (χ1n) is 11.2. The Bertz CT molecular complexity index is 1280. The largest absolute Gasteiger partial charge is 0.503 e. The summed E-state index contributed by atoms with van der Waals surface area (Å²) < 4.78 is 5.25. The van der Waals surface area contributed by atoms with Crippen molar-refractivity contribution in [1.82, 2.24) is 0 Å². The minimum absolute atomic E-state index is 0.0565. The van der Waals surface area contributed by atoms with Crippen molar-refractivity contribution in [2.75, 3.05) is 17.3 Å². The molecule has 1 heterocycles. The molecule has 178 valence electrons. The number of Topliss-reactive ketones (excluding diaryl/α,β-unsaturated/α-hetero) is 1. The second-order valence-electron chi connectivity index (χ2n) is 8.25. The number of ether oxygens (including phenoxy) is 1. The third kappa shape index (κ3) is 5.09. The van der Waals surface area contributed by atoms with Crippen molar-refractivity contribution in [3.63, 3.8) is 0 Å². The molecule has 0 aromatic heterocycles. The second kappa shape index (κ2) is 10.3. The predicted molar refractivity (Wildman–Crippen MR) is 133 cm³/mol. The van der Waals surface area contributed by atoms with Crippen LogP contribution in [-0.4, -0.2) is 29.8 Å². The molecule has 0 radical (unpaired) electrons. The molecular weight excluding hydrogens is 444 g/mol. The van der Waals surface area contributed by atoms with E-state index in [0.717, 1.165) is 5.56 Å². The molecule has 7 heteroatoms. The van der Waals surface area contributed by atoms with Crippen molar-refractivity contribution in [3.8, 4) is 5.75 Å². The van der Waals surface area contributed by atoms with Crippen molar-refractivity contribution >= 4 is 29.0 Å². The third-order valence-corrected chi connectivity index (χ3v) is 5.87. The summed E-state index contributed by atoms with van der Waals surface area (Å²) in [7, 11) is 1.55. The number of rotatable bonds is 8. The Labute approximate surface area is 203 Å². The van der Waals surface area contributed by atoms with Gasteiger partial charge in [0.2, 0.25) is 5.91 Å². The quantitative estimate of drug-likeness (QED) is 0.495. The molecule has 7 nitrogen and oxygen atoms in total. The molecule has 0 saturated heterocycles. The fraction of sp³-hybridized carbons (Fsp3) is 0.179. The molecule has 1 aliphatic rings. The molecule has 1 unspecified atom stereocenters. The summed E-state index contributed by atoms with van der Waals surface area (Å²) in [5.74, 6) is -1.16. The van der Waals surface area contributed by atoms with E-state index in [2.05, 4.69) is 5.32 Å². The lowest BCUT2D eigenvalue weighted by Gasteiger charge is -2.27. The summed E-state index contributed by atoms with van der Waals surface area (Å²) in [4.78, 5) is 39.6. The normalized spacial score (nSPS) is 15.3. The maximum atomic E-state index is 13.4. The standard InChI is InChI=1S/C28H26N2O5/c1-18(31)29-21-9-6-10-22(17-21)30-26(20-12-14-23(35-2)15-13-20)25(27(33)28(30)34)24(32)16-11-19-7-4-3-5-8-19/h3-10,12-15,17,26,33H,11,16H2,1-2H3,(H,29,31). The highest BCUT2D eigenvalue weighted by Gasteiger charge is 2.44. The average Bonchev–Trinajstić information content (AvgIpc) is 3.13. The highest BCUT2D eigenvalue weighted by molar-refractivity contribution is 6.16. The second-order valence-corrected chi connectivity index (χ2v) is 8.25. The maximum Gasteiger partial charge on any atom is 0.294 e. The Balaban J connectivity index is 1.73. The number of methoxy groups -OCH3 is 1. The highest BCUT2D eigenvalue weighted by Crippen LogP contribution is 2.42. The minimum atomic E-state index is -0.829.